The van der Waals surface area contributed by atoms with Gasteiger partial charge in [0.25, 0.3) is 0 Å². The molecule has 0 bridgehead atoms. The van der Waals surface area contributed by atoms with Gasteiger partial charge in [0, 0.05) is 10.5 Å². The molecule has 1 N–H and O–H groups in total. The first kappa shape index (κ1) is 13.6. The first-order chi connectivity index (χ1) is 8.37. The van der Waals surface area contributed by atoms with Gasteiger partial charge >= 0.3 is 0 Å². The summed E-state index contributed by atoms with van der Waals surface area (Å²) in [6, 6.07) is 7.02. The number of aliphatic hydroxyl groups excluding tert-OH is 1. The first-order valence-electron chi connectivity index (χ1n) is 5.53. The Kier molecular flexibility index (Phi) is 3.79. The summed E-state index contributed by atoms with van der Waals surface area (Å²) in [4.78, 5) is 12.1. The van der Waals surface area contributed by atoms with Gasteiger partial charge in [-0.1, -0.05) is 12.1 Å². The molecule has 1 fully saturated rings. The van der Waals surface area contributed by atoms with Crippen LogP contribution in [0.15, 0.2) is 29.2 Å². The van der Waals surface area contributed by atoms with E-state index in [1.54, 1.807) is 18.2 Å². The van der Waals surface area contributed by atoms with Gasteiger partial charge in [0.1, 0.15) is 0 Å². The number of carbonyl (C=O) groups is 1. The predicted octanol–water partition coefficient (Wildman–Crippen LogP) is 1.14. The van der Waals surface area contributed by atoms with Crippen molar-refractivity contribution < 1.29 is 18.3 Å². The van der Waals surface area contributed by atoms with E-state index in [2.05, 4.69) is 0 Å². The van der Waals surface area contributed by atoms with Gasteiger partial charge in [0.15, 0.2) is 15.6 Å². The molecule has 6 heteroatoms. The minimum absolute atomic E-state index is 0.0108. The predicted molar refractivity (Wildman–Crippen MR) is 70.8 cm³/mol. The molecular weight excluding hydrogens is 272 g/mol. The minimum Gasteiger partial charge on any atom is -0.391 e. The molecule has 1 heterocycles. The highest BCUT2D eigenvalue weighted by molar-refractivity contribution is 8.02. The zero-order valence-corrected chi connectivity index (χ0v) is 11.5. The van der Waals surface area contributed by atoms with Crippen LogP contribution >= 0.6 is 11.8 Å². The Hall–Kier alpha value is -0.850. The topological polar surface area (TPSA) is 71.4 Å². The number of hydrogen-bond acceptors (Lipinski definition) is 5. The van der Waals surface area contributed by atoms with Gasteiger partial charge in [0.2, 0.25) is 0 Å². The Morgan fingerprint density at radius 3 is 2.67 bits per heavy atom. The highest BCUT2D eigenvalue weighted by Crippen LogP contribution is 2.31. The van der Waals surface area contributed by atoms with Crippen LogP contribution in [0.2, 0.25) is 0 Å². The fourth-order valence-corrected chi connectivity index (χ4v) is 5.46. The molecule has 1 saturated heterocycles. The molecule has 0 radical (unpaired) electrons. The van der Waals surface area contributed by atoms with Crippen LogP contribution in [0.4, 0.5) is 0 Å². The average Bonchev–Trinajstić information content (AvgIpc) is 2.52. The third-order valence-corrected chi connectivity index (χ3v) is 6.04. The molecule has 0 saturated carbocycles. The maximum Gasteiger partial charge on any atom is 0.159 e. The lowest BCUT2D eigenvalue weighted by molar-refractivity contribution is 0.101. The quantitative estimate of drug-likeness (QED) is 0.844. The highest BCUT2D eigenvalue weighted by atomic mass is 32.2. The summed E-state index contributed by atoms with van der Waals surface area (Å²) in [5.74, 6) is -0.211. The lowest BCUT2D eigenvalue weighted by Crippen LogP contribution is -2.19. The van der Waals surface area contributed by atoms with Crippen LogP contribution in [0.25, 0.3) is 0 Å². The standard InChI is InChI=1S/C12H14O4S2/c1-8(13)9-3-2-4-10(5-9)17-12-7-18(15,16)6-11(12)14/h2-5,11-12,14H,6-7H2,1H3. The summed E-state index contributed by atoms with van der Waals surface area (Å²) in [6.07, 6.45) is -0.832. The van der Waals surface area contributed by atoms with Crippen molar-refractivity contribution in [1.29, 1.82) is 0 Å². The number of rotatable bonds is 3. The fraction of sp³-hybridized carbons (Fsp3) is 0.417. The van der Waals surface area contributed by atoms with Crippen LogP contribution in [-0.2, 0) is 9.84 Å². The number of ketones is 1. The summed E-state index contributed by atoms with van der Waals surface area (Å²) in [7, 11) is -3.13. The van der Waals surface area contributed by atoms with Crippen molar-refractivity contribution in [2.45, 2.75) is 23.2 Å². The van der Waals surface area contributed by atoms with E-state index in [-0.39, 0.29) is 22.5 Å². The summed E-state index contributed by atoms with van der Waals surface area (Å²) in [5, 5.41) is 9.35. The number of carbonyl (C=O) groups excluding carboxylic acids is 1. The molecule has 1 aliphatic rings. The summed E-state index contributed by atoms with van der Waals surface area (Å²) in [6.45, 7) is 1.48. The van der Waals surface area contributed by atoms with Crippen molar-refractivity contribution in [2.24, 2.45) is 0 Å². The lowest BCUT2D eigenvalue weighted by Gasteiger charge is -2.12. The van der Waals surface area contributed by atoms with Crippen molar-refractivity contribution in [3.05, 3.63) is 29.8 Å². The zero-order valence-electron chi connectivity index (χ0n) is 9.87. The van der Waals surface area contributed by atoms with Crippen molar-refractivity contribution >= 4 is 27.4 Å². The maximum atomic E-state index is 11.4. The molecule has 0 aliphatic carbocycles. The second-order valence-corrected chi connectivity index (χ2v) is 7.85. The minimum atomic E-state index is -3.13. The van der Waals surface area contributed by atoms with E-state index in [0.29, 0.717) is 5.56 Å². The van der Waals surface area contributed by atoms with Crippen LogP contribution < -0.4 is 0 Å². The van der Waals surface area contributed by atoms with Crippen LogP contribution in [0, 0.1) is 0 Å². The smallest absolute Gasteiger partial charge is 0.159 e. The number of benzene rings is 1. The third kappa shape index (κ3) is 3.13. The van der Waals surface area contributed by atoms with Crippen molar-refractivity contribution in [3.8, 4) is 0 Å². The second kappa shape index (κ2) is 5.03. The normalized spacial score (nSPS) is 26.1. The molecule has 0 spiro atoms. The molecule has 2 atom stereocenters. The summed E-state index contributed by atoms with van der Waals surface area (Å²) in [5.41, 5.74) is 0.593. The number of aliphatic hydroxyl groups is 1. The Morgan fingerprint density at radius 2 is 2.11 bits per heavy atom. The fourth-order valence-electron chi connectivity index (χ4n) is 1.87. The van der Waals surface area contributed by atoms with E-state index >= 15 is 0 Å². The molecule has 0 amide bonds. The van der Waals surface area contributed by atoms with Gasteiger partial charge in [0.05, 0.1) is 22.9 Å². The Morgan fingerprint density at radius 1 is 1.39 bits per heavy atom. The molecule has 2 unspecified atom stereocenters. The molecule has 18 heavy (non-hydrogen) atoms. The SMILES string of the molecule is CC(=O)c1cccc(SC2CS(=O)(=O)CC2O)c1. The second-order valence-electron chi connectivity index (χ2n) is 4.38. The number of thioether (sulfide) groups is 1. The number of sulfone groups is 1. The van der Waals surface area contributed by atoms with Crippen LogP contribution in [-0.4, -0.2) is 42.2 Å². The summed E-state index contributed by atoms with van der Waals surface area (Å²) < 4.78 is 22.8. The van der Waals surface area contributed by atoms with E-state index in [1.807, 2.05) is 6.07 Å². The Labute approximate surface area is 110 Å². The van der Waals surface area contributed by atoms with Gasteiger partial charge in [-0.05, 0) is 19.1 Å². The summed E-state index contributed by atoms with van der Waals surface area (Å²) >= 11 is 1.31. The van der Waals surface area contributed by atoms with Crippen molar-refractivity contribution in [3.63, 3.8) is 0 Å². The van der Waals surface area contributed by atoms with E-state index in [0.717, 1.165) is 4.90 Å². The Bertz CT molecular complexity index is 565. The van der Waals surface area contributed by atoms with E-state index in [4.69, 9.17) is 0 Å². The molecule has 1 aliphatic heterocycles. The van der Waals surface area contributed by atoms with E-state index in [1.165, 1.54) is 18.7 Å². The maximum absolute atomic E-state index is 11.4. The zero-order chi connectivity index (χ0) is 13.3. The largest absolute Gasteiger partial charge is 0.391 e. The van der Waals surface area contributed by atoms with Gasteiger partial charge in [-0.15, -0.1) is 11.8 Å². The molecule has 2 rings (SSSR count). The van der Waals surface area contributed by atoms with E-state index < -0.39 is 15.9 Å². The molecule has 1 aromatic rings. The average molecular weight is 286 g/mol. The van der Waals surface area contributed by atoms with Gasteiger partial charge < -0.3 is 5.11 Å². The van der Waals surface area contributed by atoms with Crippen LogP contribution in [0.1, 0.15) is 17.3 Å². The third-order valence-electron chi connectivity index (χ3n) is 2.80. The van der Waals surface area contributed by atoms with Crippen molar-refractivity contribution in [1.82, 2.24) is 0 Å². The highest BCUT2D eigenvalue weighted by Gasteiger charge is 2.36. The van der Waals surface area contributed by atoms with Gasteiger partial charge in [-0.25, -0.2) is 8.42 Å². The number of hydrogen-bond donors (Lipinski definition) is 1. The molecule has 98 valence electrons. The molecule has 4 nitrogen and oxygen atoms in total. The number of Topliss-reactive ketones (excluding diaryl/α,β-unsaturated/α-hetero) is 1. The molecule has 0 aromatic heterocycles. The molecule has 1 aromatic carbocycles. The van der Waals surface area contributed by atoms with Crippen LogP contribution in [0.5, 0.6) is 0 Å². The van der Waals surface area contributed by atoms with Gasteiger partial charge in [-0.2, -0.15) is 0 Å². The first-order valence-corrected chi connectivity index (χ1v) is 8.24. The van der Waals surface area contributed by atoms with E-state index in [9.17, 15) is 18.3 Å². The van der Waals surface area contributed by atoms with Gasteiger partial charge in [-0.3, -0.25) is 4.79 Å². The molecular formula is C12H14O4S2. The van der Waals surface area contributed by atoms with Crippen LogP contribution in [0.3, 0.4) is 0 Å². The lowest BCUT2D eigenvalue weighted by atomic mass is 10.2. The Balaban J connectivity index is 2.15. The monoisotopic (exact) mass is 286 g/mol. The van der Waals surface area contributed by atoms with Crippen molar-refractivity contribution in [2.75, 3.05) is 11.5 Å².